The molecule has 0 spiro atoms. The Balaban J connectivity index is 1.72. The molecule has 1 saturated heterocycles. The summed E-state index contributed by atoms with van der Waals surface area (Å²) >= 11 is 0. The number of hydrogen-bond donors (Lipinski definition) is 1. The van der Waals surface area contributed by atoms with Gasteiger partial charge in [0.1, 0.15) is 12.4 Å². The molecule has 0 bridgehead atoms. The summed E-state index contributed by atoms with van der Waals surface area (Å²) in [6.07, 6.45) is 1.65. The molecule has 1 amide bonds. The summed E-state index contributed by atoms with van der Waals surface area (Å²) in [7, 11) is 2.04. The largest absolute Gasteiger partial charge is 0.448 e. The van der Waals surface area contributed by atoms with Gasteiger partial charge in [0, 0.05) is 11.6 Å². The van der Waals surface area contributed by atoms with E-state index in [1.807, 2.05) is 38.2 Å². The third kappa shape index (κ3) is 4.37. The Morgan fingerprint density at radius 2 is 2.16 bits per heavy atom. The predicted octanol–water partition coefficient (Wildman–Crippen LogP) is 4.44. The number of likely N-dealkylation sites (N-methyl/N-ethyl adjacent to an activating group) is 1. The van der Waals surface area contributed by atoms with E-state index in [9.17, 15) is 9.18 Å². The lowest BCUT2D eigenvalue weighted by Crippen LogP contribution is -2.31. The monoisotopic (exact) mass is 342 g/mol. The van der Waals surface area contributed by atoms with Crippen LogP contribution in [0, 0.1) is 12.7 Å². The van der Waals surface area contributed by atoms with E-state index in [4.69, 9.17) is 4.74 Å². The number of halogens is 1. The first-order chi connectivity index (χ1) is 12.0. The number of ether oxygens (including phenoxy) is 1. The summed E-state index contributed by atoms with van der Waals surface area (Å²) in [6.45, 7) is 3.37. The number of aryl methyl sites for hydroxylation is 1. The molecule has 2 aromatic carbocycles. The standard InChI is InChI=1S/C20H23FN2O2/c1-14-5-3-6-15(11-14)18-12-16(21)8-9-19(18)22-20(24)25-13-17-7-4-10-23(17)2/h3,5-6,8-9,11-12,17H,4,7,10,13H2,1-2H3,(H,22,24)/t17-/m1/s1. The van der Waals surface area contributed by atoms with Gasteiger partial charge >= 0.3 is 6.09 Å². The molecule has 0 aromatic heterocycles. The Kier molecular flexibility index (Phi) is 5.34. The normalized spacial score (nSPS) is 17.5. The minimum Gasteiger partial charge on any atom is -0.448 e. The molecule has 1 N–H and O–H groups in total. The maximum atomic E-state index is 13.7. The molecule has 0 radical (unpaired) electrons. The smallest absolute Gasteiger partial charge is 0.411 e. The Labute approximate surface area is 147 Å². The highest BCUT2D eigenvalue weighted by atomic mass is 19.1. The molecule has 132 valence electrons. The van der Waals surface area contributed by atoms with Gasteiger partial charge in [-0.2, -0.15) is 0 Å². The van der Waals surface area contributed by atoms with Gasteiger partial charge in [-0.1, -0.05) is 29.8 Å². The molecule has 1 aliphatic rings. The number of nitrogens with one attached hydrogen (secondary N) is 1. The van der Waals surface area contributed by atoms with Crippen molar-refractivity contribution in [3.63, 3.8) is 0 Å². The van der Waals surface area contributed by atoms with Crippen molar-refractivity contribution in [2.45, 2.75) is 25.8 Å². The van der Waals surface area contributed by atoms with E-state index in [1.165, 1.54) is 12.1 Å². The lowest BCUT2D eigenvalue weighted by Gasteiger charge is -2.19. The van der Waals surface area contributed by atoms with Crippen LogP contribution in [0.2, 0.25) is 0 Å². The number of likely N-dealkylation sites (tertiary alicyclic amines) is 1. The molecule has 1 atom stereocenters. The average molecular weight is 342 g/mol. The highest BCUT2D eigenvalue weighted by Gasteiger charge is 2.22. The first kappa shape index (κ1) is 17.4. The molecule has 1 aliphatic heterocycles. The maximum absolute atomic E-state index is 13.7. The number of hydrogen-bond acceptors (Lipinski definition) is 3. The number of rotatable bonds is 4. The van der Waals surface area contributed by atoms with E-state index in [-0.39, 0.29) is 11.9 Å². The van der Waals surface area contributed by atoms with Crippen LogP contribution in [0.1, 0.15) is 18.4 Å². The van der Waals surface area contributed by atoms with E-state index in [2.05, 4.69) is 10.2 Å². The molecule has 0 unspecified atom stereocenters. The fourth-order valence-corrected chi connectivity index (χ4v) is 3.18. The highest BCUT2D eigenvalue weighted by molar-refractivity contribution is 5.91. The van der Waals surface area contributed by atoms with Crippen LogP contribution in [-0.2, 0) is 4.74 Å². The summed E-state index contributed by atoms with van der Waals surface area (Å²) in [6, 6.07) is 12.3. The van der Waals surface area contributed by atoms with Crippen molar-refractivity contribution in [3.8, 4) is 11.1 Å². The first-order valence-corrected chi connectivity index (χ1v) is 8.53. The SMILES string of the molecule is Cc1cccc(-c2cc(F)ccc2NC(=O)OC[C@H]2CCCN2C)c1. The third-order valence-corrected chi connectivity index (χ3v) is 4.63. The molecule has 5 heteroatoms. The summed E-state index contributed by atoms with van der Waals surface area (Å²) in [4.78, 5) is 14.4. The van der Waals surface area contributed by atoms with Crippen molar-refractivity contribution in [2.24, 2.45) is 0 Å². The third-order valence-electron chi connectivity index (χ3n) is 4.63. The molecular weight excluding hydrogens is 319 g/mol. The van der Waals surface area contributed by atoms with E-state index in [0.717, 1.165) is 30.5 Å². The molecule has 2 aromatic rings. The topological polar surface area (TPSA) is 41.6 Å². The van der Waals surface area contributed by atoms with E-state index in [0.29, 0.717) is 17.9 Å². The van der Waals surface area contributed by atoms with Crippen molar-refractivity contribution in [3.05, 3.63) is 53.8 Å². The Bertz CT molecular complexity index is 763. The number of benzene rings is 2. The fraction of sp³-hybridized carbons (Fsp3) is 0.350. The van der Waals surface area contributed by atoms with Gasteiger partial charge in [0.25, 0.3) is 0 Å². The Hall–Kier alpha value is -2.40. The van der Waals surface area contributed by atoms with Crippen LogP contribution in [0.5, 0.6) is 0 Å². The molecule has 4 nitrogen and oxygen atoms in total. The summed E-state index contributed by atoms with van der Waals surface area (Å²) in [5.41, 5.74) is 3.10. The van der Waals surface area contributed by atoms with Gasteiger partial charge in [0.2, 0.25) is 0 Å². The number of carbonyl (C=O) groups excluding carboxylic acids is 1. The number of anilines is 1. The van der Waals surface area contributed by atoms with Crippen LogP contribution in [0.4, 0.5) is 14.9 Å². The number of amides is 1. The second-order valence-electron chi connectivity index (χ2n) is 6.56. The van der Waals surface area contributed by atoms with Crippen molar-refractivity contribution in [2.75, 3.05) is 25.5 Å². The van der Waals surface area contributed by atoms with Gasteiger partial charge in [-0.15, -0.1) is 0 Å². The lowest BCUT2D eigenvalue weighted by atomic mass is 10.0. The molecule has 1 heterocycles. The molecule has 0 saturated carbocycles. The zero-order valence-corrected chi connectivity index (χ0v) is 14.6. The second kappa shape index (κ2) is 7.66. The van der Waals surface area contributed by atoms with Crippen LogP contribution in [0.15, 0.2) is 42.5 Å². The average Bonchev–Trinajstić information content (AvgIpc) is 3.00. The van der Waals surface area contributed by atoms with Crippen molar-refractivity contribution < 1.29 is 13.9 Å². The Morgan fingerprint density at radius 1 is 1.32 bits per heavy atom. The summed E-state index contributed by atoms with van der Waals surface area (Å²) < 4.78 is 19.1. The lowest BCUT2D eigenvalue weighted by molar-refractivity contribution is 0.127. The number of carbonyl (C=O) groups is 1. The molecule has 0 aliphatic carbocycles. The summed E-state index contributed by atoms with van der Waals surface area (Å²) in [5.74, 6) is -0.344. The van der Waals surface area contributed by atoms with Gasteiger partial charge in [-0.25, -0.2) is 9.18 Å². The van der Waals surface area contributed by atoms with Gasteiger partial charge in [-0.05, 0) is 57.1 Å². The maximum Gasteiger partial charge on any atom is 0.411 e. The van der Waals surface area contributed by atoms with Crippen LogP contribution in [0.3, 0.4) is 0 Å². The van der Waals surface area contributed by atoms with Crippen molar-refractivity contribution in [1.29, 1.82) is 0 Å². The zero-order valence-electron chi connectivity index (χ0n) is 14.6. The Morgan fingerprint density at radius 3 is 2.88 bits per heavy atom. The molecule has 1 fully saturated rings. The minimum absolute atomic E-state index is 0.273. The van der Waals surface area contributed by atoms with Crippen LogP contribution >= 0.6 is 0 Å². The highest BCUT2D eigenvalue weighted by Crippen LogP contribution is 2.29. The number of nitrogens with zero attached hydrogens (tertiary/aromatic N) is 1. The van der Waals surface area contributed by atoms with Crippen LogP contribution in [-0.4, -0.2) is 37.2 Å². The van der Waals surface area contributed by atoms with Gasteiger partial charge in [-0.3, -0.25) is 5.32 Å². The van der Waals surface area contributed by atoms with Gasteiger partial charge in [0.15, 0.2) is 0 Å². The first-order valence-electron chi connectivity index (χ1n) is 8.53. The van der Waals surface area contributed by atoms with Gasteiger partial charge in [0.05, 0.1) is 5.69 Å². The molecule has 25 heavy (non-hydrogen) atoms. The van der Waals surface area contributed by atoms with Crippen LogP contribution < -0.4 is 5.32 Å². The predicted molar refractivity (Wildman–Crippen MR) is 97.2 cm³/mol. The van der Waals surface area contributed by atoms with E-state index >= 15 is 0 Å². The fourth-order valence-electron chi connectivity index (χ4n) is 3.18. The second-order valence-corrected chi connectivity index (χ2v) is 6.56. The minimum atomic E-state index is -0.513. The zero-order chi connectivity index (χ0) is 17.8. The molecule has 3 rings (SSSR count). The van der Waals surface area contributed by atoms with E-state index in [1.54, 1.807) is 6.07 Å². The quantitative estimate of drug-likeness (QED) is 0.893. The van der Waals surface area contributed by atoms with Crippen LogP contribution in [0.25, 0.3) is 11.1 Å². The van der Waals surface area contributed by atoms with Crippen molar-refractivity contribution in [1.82, 2.24) is 4.90 Å². The van der Waals surface area contributed by atoms with Gasteiger partial charge < -0.3 is 9.64 Å². The molecular formula is C20H23FN2O2. The summed E-state index contributed by atoms with van der Waals surface area (Å²) in [5, 5.41) is 2.75. The van der Waals surface area contributed by atoms with E-state index < -0.39 is 6.09 Å². The van der Waals surface area contributed by atoms with Crippen molar-refractivity contribution >= 4 is 11.8 Å².